The summed E-state index contributed by atoms with van der Waals surface area (Å²) >= 11 is 0. The Labute approximate surface area is 369 Å². The molecule has 0 spiro atoms. The summed E-state index contributed by atoms with van der Waals surface area (Å²) in [6.45, 7) is 9.09. The topological polar surface area (TPSA) is 44.8 Å². The van der Waals surface area contributed by atoms with Crippen molar-refractivity contribution < 1.29 is 19.0 Å². The van der Waals surface area contributed by atoms with Gasteiger partial charge in [0.1, 0.15) is 12.7 Å². The van der Waals surface area contributed by atoms with Gasteiger partial charge in [0, 0.05) is 19.6 Å². The molecule has 0 saturated heterocycles. The fourth-order valence-corrected chi connectivity index (χ4v) is 7.44. The molecule has 0 amide bonds. The Morgan fingerprint density at radius 1 is 0.373 bits per heavy atom. The first-order valence-corrected chi connectivity index (χ1v) is 26.2. The number of hydrogen-bond donors (Lipinski definition) is 0. The summed E-state index contributed by atoms with van der Waals surface area (Å²) in [4.78, 5) is 12.6. The second-order valence-electron chi connectivity index (χ2n) is 17.4. The fourth-order valence-electron chi connectivity index (χ4n) is 7.44. The van der Waals surface area contributed by atoms with Gasteiger partial charge in [0.25, 0.3) is 0 Å². The number of carbonyl (C=O) groups excluding carboxylic acids is 1. The van der Waals surface area contributed by atoms with E-state index in [-0.39, 0.29) is 12.1 Å². The number of esters is 1. The summed E-state index contributed by atoms with van der Waals surface area (Å²) in [5.74, 6) is -0.0828. The van der Waals surface area contributed by atoms with Gasteiger partial charge >= 0.3 is 5.97 Å². The van der Waals surface area contributed by atoms with E-state index in [1.54, 1.807) is 0 Å². The minimum Gasteiger partial charge on any atom is -0.463 e. The maximum atomic E-state index is 12.6. The van der Waals surface area contributed by atoms with Crippen molar-refractivity contribution in [2.45, 2.75) is 271 Å². The first kappa shape index (κ1) is 57.3. The highest BCUT2D eigenvalue weighted by atomic mass is 16.6. The number of carbonyl (C=O) groups is 1. The second-order valence-corrected chi connectivity index (χ2v) is 17.4. The summed E-state index contributed by atoms with van der Waals surface area (Å²) in [5, 5.41) is 0. The van der Waals surface area contributed by atoms with Gasteiger partial charge in [0.15, 0.2) is 0 Å². The van der Waals surface area contributed by atoms with E-state index in [9.17, 15) is 4.79 Å². The van der Waals surface area contributed by atoms with Crippen molar-refractivity contribution in [1.82, 2.24) is 0 Å². The molecule has 346 valence electrons. The Morgan fingerprint density at radius 3 is 1.15 bits per heavy atom. The average Bonchev–Trinajstić information content (AvgIpc) is 3.24. The molecule has 1 unspecified atom stereocenters. The van der Waals surface area contributed by atoms with E-state index in [1.165, 1.54) is 199 Å². The van der Waals surface area contributed by atoms with Crippen LogP contribution in [0.1, 0.15) is 265 Å². The Morgan fingerprint density at radius 2 is 0.712 bits per heavy atom. The number of rotatable bonds is 49. The predicted molar refractivity (Wildman–Crippen MR) is 261 cm³/mol. The first-order chi connectivity index (χ1) is 29.2. The van der Waals surface area contributed by atoms with Crippen molar-refractivity contribution in [3.05, 3.63) is 48.6 Å². The molecule has 0 saturated carbocycles. The number of hydrogen-bond acceptors (Lipinski definition) is 4. The molecule has 0 bridgehead atoms. The molecule has 0 radical (unpaired) electrons. The van der Waals surface area contributed by atoms with Crippen molar-refractivity contribution in [3.8, 4) is 0 Å². The zero-order chi connectivity index (χ0) is 42.6. The van der Waals surface area contributed by atoms with Crippen LogP contribution in [0.3, 0.4) is 0 Å². The van der Waals surface area contributed by atoms with E-state index in [0.29, 0.717) is 26.2 Å². The molecule has 0 aromatic carbocycles. The SMILES string of the molecule is CCCCCC=CCC=CCCCCCCCCOCC(COC(=O)CCCCCCCCCCCCCCC)OCCCCCCCCC=CCC=CCCCCC. The molecule has 0 aliphatic rings. The van der Waals surface area contributed by atoms with Crippen LogP contribution in [0.25, 0.3) is 0 Å². The lowest BCUT2D eigenvalue weighted by atomic mass is 10.0. The lowest BCUT2D eigenvalue weighted by Gasteiger charge is -2.18. The molecule has 0 rings (SSSR count). The van der Waals surface area contributed by atoms with Crippen LogP contribution in [0.4, 0.5) is 0 Å². The van der Waals surface area contributed by atoms with E-state index >= 15 is 0 Å². The number of unbranched alkanes of at least 4 members (excludes halogenated alkanes) is 30. The summed E-state index contributed by atoms with van der Waals surface area (Å²) in [6.07, 6.45) is 65.9. The minimum atomic E-state index is -0.173. The van der Waals surface area contributed by atoms with Gasteiger partial charge in [-0.05, 0) is 83.5 Å². The van der Waals surface area contributed by atoms with Crippen molar-refractivity contribution >= 4 is 5.97 Å². The molecule has 0 aromatic heterocycles. The zero-order valence-corrected chi connectivity index (χ0v) is 40.0. The molecule has 0 aliphatic heterocycles. The molecular formula is C55H102O4. The molecule has 1 atom stereocenters. The Balaban J connectivity index is 4.17. The van der Waals surface area contributed by atoms with Gasteiger partial charge in [0.2, 0.25) is 0 Å². The van der Waals surface area contributed by atoms with Crippen molar-refractivity contribution in [2.24, 2.45) is 0 Å². The van der Waals surface area contributed by atoms with Gasteiger partial charge in [-0.25, -0.2) is 0 Å². The molecule has 0 fully saturated rings. The van der Waals surface area contributed by atoms with Crippen molar-refractivity contribution in [3.63, 3.8) is 0 Å². The van der Waals surface area contributed by atoms with Gasteiger partial charge in [-0.15, -0.1) is 0 Å². The third kappa shape index (κ3) is 50.6. The maximum Gasteiger partial charge on any atom is 0.305 e. The lowest BCUT2D eigenvalue weighted by molar-refractivity contribution is -0.150. The Hall–Kier alpha value is -1.65. The van der Waals surface area contributed by atoms with Gasteiger partial charge in [-0.2, -0.15) is 0 Å². The quantitative estimate of drug-likeness (QED) is 0.0348. The number of ether oxygens (including phenoxy) is 3. The van der Waals surface area contributed by atoms with Crippen LogP contribution in [0.2, 0.25) is 0 Å². The average molecular weight is 827 g/mol. The molecular weight excluding hydrogens is 725 g/mol. The molecule has 0 N–H and O–H groups in total. The maximum absolute atomic E-state index is 12.6. The summed E-state index contributed by atoms with van der Waals surface area (Å²) in [7, 11) is 0. The highest BCUT2D eigenvalue weighted by molar-refractivity contribution is 5.69. The minimum absolute atomic E-state index is 0.0828. The largest absolute Gasteiger partial charge is 0.463 e. The van der Waals surface area contributed by atoms with Crippen molar-refractivity contribution in [2.75, 3.05) is 26.4 Å². The molecule has 59 heavy (non-hydrogen) atoms. The Bertz CT molecular complexity index is 920. The third-order valence-corrected chi connectivity index (χ3v) is 11.4. The summed E-state index contributed by atoms with van der Waals surface area (Å²) < 4.78 is 18.0. The van der Waals surface area contributed by atoms with E-state index in [2.05, 4.69) is 69.4 Å². The highest BCUT2D eigenvalue weighted by Crippen LogP contribution is 2.14. The van der Waals surface area contributed by atoms with E-state index in [4.69, 9.17) is 14.2 Å². The monoisotopic (exact) mass is 827 g/mol. The van der Waals surface area contributed by atoms with Crippen LogP contribution in [-0.4, -0.2) is 38.5 Å². The Kier molecular flexibility index (Phi) is 51.0. The van der Waals surface area contributed by atoms with Crippen LogP contribution < -0.4 is 0 Å². The zero-order valence-electron chi connectivity index (χ0n) is 40.0. The van der Waals surface area contributed by atoms with Crippen LogP contribution in [0.5, 0.6) is 0 Å². The van der Waals surface area contributed by atoms with E-state index in [1.807, 2.05) is 0 Å². The van der Waals surface area contributed by atoms with Crippen molar-refractivity contribution in [1.29, 1.82) is 0 Å². The van der Waals surface area contributed by atoms with Gasteiger partial charge in [-0.1, -0.05) is 223 Å². The number of allylic oxidation sites excluding steroid dienone is 8. The fraction of sp³-hybridized carbons (Fsp3) is 0.836. The molecule has 4 nitrogen and oxygen atoms in total. The smallest absolute Gasteiger partial charge is 0.305 e. The van der Waals surface area contributed by atoms with Crippen LogP contribution in [-0.2, 0) is 19.0 Å². The second kappa shape index (κ2) is 52.5. The highest BCUT2D eigenvalue weighted by Gasteiger charge is 2.13. The predicted octanol–water partition coefficient (Wildman–Crippen LogP) is 18.0. The van der Waals surface area contributed by atoms with E-state index < -0.39 is 0 Å². The normalized spacial score (nSPS) is 12.7. The summed E-state index contributed by atoms with van der Waals surface area (Å²) in [5.41, 5.74) is 0. The van der Waals surface area contributed by atoms with Crippen LogP contribution in [0.15, 0.2) is 48.6 Å². The van der Waals surface area contributed by atoms with Crippen LogP contribution in [0, 0.1) is 0 Å². The van der Waals surface area contributed by atoms with Gasteiger partial charge in [0.05, 0.1) is 6.61 Å². The molecule has 0 heterocycles. The van der Waals surface area contributed by atoms with E-state index in [0.717, 1.165) is 45.1 Å². The third-order valence-electron chi connectivity index (χ3n) is 11.4. The summed E-state index contributed by atoms with van der Waals surface area (Å²) in [6, 6.07) is 0. The molecule has 0 aliphatic carbocycles. The van der Waals surface area contributed by atoms with Crippen LogP contribution >= 0.6 is 0 Å². The van der Waals surface area contributed by atoms with Gasteiger partial charge in [-0.3, -0.25) is 4.79 Å². The lowest BCUT2D eigenvalue weighted by Crippen LogP contribution is -2.28. The standard InChI is InChI=1S/C55H102O4/c1-4-7-10-13-16-19-22-25-27-29-32-35-38-41-44-47-50-57-52-54(53-59-55(56)49-46-43-40-37-34-31-24-21-18-15-12-9-6-3)58-51-48-45-42-39-36-33-30-28-26-23-20-17-14-11-8-5-2/h16-17,19-20,25-28,54H,4-15,18,21-24,29-53H2,1-3H3. The van der Waals surface area contributed by atoms with Gasteiger partial charge < -0.3 is 14.2 Å². The first-order valence-electron chi connectivity index (χ1n) is 26.2. The molecule has 0 aromatic rings. The molecule has 4 heteroatoms.